The number of amides is 1. The van der Waals surface area contributed by atoms with Crippen molar-refractivity contribution in [3.63, 3.8) is 0 Å². The number of carbonyl (C=O) groups excluding carboxylic acids is 1. The third kappa shape index (κ3) is 3.60. The van der Waals surface area contributed by atoms with E-state index in [-0.39, 0.29) is 5.91 Å². The van der Waals surface area contributed by atoms with Gasteiger partial charge in [0.1, 0.15) is 5.82 Å². The predicted molar refractivity (Wildman–Crippen MR) is 95.6 cm³/mol. The number of aromatic nitrogens is 4. The van der Waals surface area contributed by atoms with Crippen LogP contribution in [-0.2, 0) is 11.2 Å². The fourth-order valence-corrected chi connectivity index (χ4v) is 3.79. The molecule has 0 unspecified atom stereocenters. The molecule has 0 aromatic carbocycles. The van der Waals surface area contributed by atoms with Gasteiger partial charge in [-0.1, -0.05) is 0 Å². The molecule has 0 aliphatic carbocycles. The second-order valence-electron chi connectivity index (χ2n) is 7.07. The maximum atomic E-state index is 12.4. The summed E-state index contributed by atoms with van der Waals surface area (Å²) in [6.45, 7) is 3.92. The number of hydrogen-bond acceptors (Lipinski definition) is 5. The van der Waals surface area contributed by atoms with Crippen LogP contribution in [0, 0.1) is 0 Å². The van der Waals surface area contributed by atoms with Gasteiger partial charge >= 0.3 is 0 Å². The summed E-state index contributed by atoms with van der Waals surface area (Å²) in [5.41, 5.74) is 0.751. The van der Waals surface area contributed by atoms with Crippen LogP contribution in [0.4, 0.5) is 5.82 Å². The standard InChI is InChI=1S/C18H26N6O/c25-18(23-13-5-2-6-14-23)10-9-16-20-19-15-7-8-17(21-24(15)16)22-11-3-1-4-12-22/h7-8H,1-6,9-14H2. The summed E-state index contributed by atoms with van der Waals surface area (Å²) in [6.07, 6.45) is 8.30. The number of nitrogens with zero attached hydrogens (tertiary/aromatic N) is 6. The molecule has 0 bridgehead atoms. The first-order valence-electron chi connectivity index (χ1n) is 9.55. The Kier molecular flexibility index (Phi) is 4.81. The van der Waals surface area contributed by atoms with Gasteiger partial charge < -0.3 is 9.80 Å². The normalized spacial score (nSPS) is 18.7. The van der Waals surface area contributed by atoms with Crippen LogP contribution >= 0.6 is 0 Å². The Bertz CT molecular complexity index is 730. The topological polar surface area (TPSA) is 66.6 Å². The van der Waals surface area contributed by atoms with Crippen molar-refractivity contribution in [1.82, 2.24) is 24.7 Å². The van der Waals surface area contributed by atoms with Crippen LogP contribution in [0.1, 0.15) is 50.8 Å². The zero-order valence-electron chi connectivity index (χ0n) is 14.7. The lowest BCUT2D eigenvalue weighted by Gasteiger charge is -2.27. The highest BCUT2D eigenvalue weighted by molar-refractivity contribution is 5.76. The van der Waals surface area contributed by atoms with Gasteiger partial charge in [-0.15, -0.1) is 15.3 Å². The van der Waals surface area contributed by atoms with Crippen LogP contribution in [0.25, 0.3) is 5.65 Å². The number of likely N-dealkylation sites (tertiary alicyclic amines) is 1. The Labute approximate surface area is 148 Å². The molecule has 0 N–H and O–H groups in total. The summed E-state index contributed by atoms with van der Waals surface area (Å²) in [6, 6.07) is 4.00. The van der Waals surface area contributed by atoms with Gasteiger partial charge in [0.2, 0.25) is 5.91 Å². The molecule has 0 saturated carbocycles. The second-order valence-corrected chi connectivity index (χ2v) is 7.07. The van der Waals surface area contributed by atoms with E-state index in [2.05, 4.69) is 15.1 Å². The lowest BCUT2D eigenvalue weighted by atomic mass is 10.1. The Morgan fingerprint density at radius 2 is 1.64 bits per heavy atom. The average molecular weight is 342 g/mol. The maximum Gasteiger partial charge on any atom is 0.223 e. The molecule has 2 aromatic heterocycles. The van der Waals surface area contributed by atoms with Gasteiger partial charge in [-0.25, -0.2) is 0 Å². The van der Waals surface area contributed by atoms with Gasteiger partial charge in [0, 0.05) is 39.0 Å². The number of fused-ring (bicyclic) bond motifs is 1. The SMILES string of the molecule is O=C(CCc1nnc2ccc(N3CCCCC3)nn12)N1CCCCC1. The molecule has 0 atom stereocenters. The molecule has 4 heterocycles. The molecule has 7 heteroatoms. The van der Waals surface area contributed by atoms with E-state index in [0.29, 0.717) is 12.8 Å². The summed E-state index contributed by atoms with van der Waals surface area (Å²) in [5, 5.41) is 13.2. The molecule has 4 rings (SSSR count). The van der Waals surface area contributed by atoms with Gasteiger partial charge in [0.05, 0.1) is 0 Å². The van der Waals surface area contributed by atoms with E-state index in [1.807, 2.05) is 21.5 Å². The van der Waals surface area contributed by atoms with Crippen molar-refractivity contribution in [3.8, 4) is 0 Å². The minimum absolute atomic E-state index is 0.226. The van der Waals surface area contributed by atoms with Crippen molar-refractivity contribution in [3.05, 3.63) is 18.0 Å². The molecular formula is C18H26N6O. The third-order valence-electron chi connectivity index (χ3n) is 5.26. The molecule has 134 valence electrons. The Balaban J connectivity index is 1.46. The average Bonchev–Trinajstić information content (AvgIpc) is 3.10. The molecule has 0 spiro atoms. The van der Waals surface area contributed by atoms with Crippen LogP contribution in [0.15, 0.2) is 12.1 Å². The number of hydrogen-bond donors (Lipinski definition) is 0. The van der Waals surface area contributed by atoms with E-state index < -0.39 is 0 Å². The fourth-order valence-electron chi connectivity index (χ4n) is 3.79. The first-order valence-corrected chi connectivity index (χ1v) is 9.55. The highest BCUT2D eigenvalue weighted by atomic mass is 16.2. The van der Waals surface area contributed by atoms with E-state index in [1.54, 1.807) is 0 Å². The van der Waals surface area contributed by atoms with Gasteiger partial charge in [-0.2, -0.15) is 4.52 Å². The van der Waals surface area contributed by atoms with Gasteiger partial charge in [-0.05, 0) is 50.7 Å². The van der Waals surface area contributed by atoms with Crippen molar-refractivity contribution in [1.29, 1.82) is 0 Å². The van der Waals surface area contributed by atoms with Crippen molar-refractivity contribution < 1.29 is 4.79 Å². The highest BCUT2D eigenvalue weighted by Crippen LogP contribution is 2.18. The van der Waals surface area contributed by atoms with Crippen LogP contribution in [0.5, 0.6) is 0 Å². The number of piperidine rings is 2. The molecule has 2 aromatic rings. The number of rotatable bonds is 4. The molecule has 1 amide bonds. The zero-order chi connectivity index (χ0) is 17.1. The lowest BCUT2D eigenvalue weighted by Crippen LogP contribution is -2.35. The molecule has 7 nitrogen and oxygen atoms in total. The molecule has 2 aliphatic rings. The minimum atomic E-state index is 0.226. The lowest BCUT2D eigenvalue weighted by molar-refractivity contribution is -0.132. The van der Waals surface area contributed by atoms with Crippen molar-refractivity contribution in [2.75, 3.05) is 31.1 Å². The monoisotopic (exact) mass is 342 g/mol. The Morgan fingerprint density at radius 1 is 0.920 bits per heavy atom. The second kappa shape index (κ2) is 7.37. The molecule has 25 heavy (non-hydrogen) atoms. The minimum Gasteiger partial charge on any atom is -0.355 e. The summed E-state index contributed by atoms with van der Waals surface area (Å²) < 4.78 is 1.81. The molecular weight excluding hydrogens is 316 g/mol. The van der Waals surface area contributed by atoms with Crippen LogP contribution in [0.2, 0.25) is 0 Å². The first-order chi connectivity index (χ1) is 12.3. The third-order valence-corrected chi connectivity index (χ3v) is 5.26. The highest BCUT2D eigenvalue weighted by Gasteiger charge is 2.18. The smallest absolute Gasteiger partial charge is 0.223 e. The quantitative estimate of drug-likeness (QED) is 0.851. The van der Waals surface area contributed by atoms with E-state index in [1.165, 1.54) is 25.7 Å². The molecule has 2 aliphatic heterocycles. The molecule has 2 saturated heterocycles. The summed E-state index contributed by atoms with van der Waals surface area (Å²) in [5.74, 6) is 1.98. The van der Waals surface area contributed by atoms with Crippen LogP contribution in [-0.4, -0.2) is 56.8 Å². The van der Waals surface area contributed by atoms with E-state index >= 15 is 0 Å². The van der Waals surface area contributed by atoms with Crippen molar-refractivity contribution in [2.45, 2.75) is 51.4 Å². The van der Waals surface area contributed by atoms with Gasteiger partial charge in [0.15, 0.2) is 11.5 Å². The van der Waals surface area contributed by atoms with E-state index in [9.17, 15) is 4.79 Å². The summed E-state index contributed by atoms with van der Waals surface area (Å²) >= 11 is 0. The summed E-state index contributed by atoms with van der Waals surface area (Å²) in [7, 11) is 0. The van der Waals surface area contributed by atoms with Crippen molar-refractivity contribution >= 4 is 17.4 Å². The predicted octanol–water partition coefficient (Wildman–Crippen LogP) is 2.06. The van der Waals surface area contributed by atoms with Crippen LogP contribution < -0.4 is 4.90 Å². The van der Waals surface area contributed by atoms with E-state index in [0.717, 1.165) is 56.3 Å². The zero-order valence-corrected chi connectivity index (χ0v) is 14.7. The van der Waals surface area contributed by atoms with Gasteiger partial charge in [-0.3, -0.25) is 4.79 Å². The number of anilines is 1. The first kappa shape index (κ1) is 16.3. The largest absolute Gasteiger partial charge is 0.355 e. The number of carbonyl (C=O) groups is 1. The summed E-state index contributed by atoms with van der Waals surface area (Å²) in [4.78, 5) is 16.7. The van der Waals surface area contributed by atoms with Gasteiger partial charge in [0.25, 0.3) is 0 Å². The van der Waals surface area contributed by atoms with Crippen molar-refractivity contribution in [2.24, 2.45) is 0 Å². The number of aryl methyl sites for hydroxylation is 1. The Morgan fingerprint density at radius 3 is 2.40 bits per heavy atom. The Hall–Kier alpha value is -2.18. The fraction of sp³-hybridized carbons (Fsp3) is 0.667. The maximum absolute atomic E-state index is 12.4. The van der Waals surface area contributed by atoms with E-state index in [4.69, 9.17) is 5.10 Å². The van der Waals surface area contributed by atoms with Crippen LogP contribution in [0.3, 0.4) is 0 Å². The molecule has 0 radical (unpaired) electrons. The molecule has 2 fully saturated rings.